The maximum atomic E-state index is 12.6. The molecule has 1 aliphatic heterocycles. The summed E-state index contributed by atoms with van der Waals surface area (Å²) in [6, 6.07) is 7.19. The summed E-state index contributed by atoms with van der Waals surface area (Å²) in [7, 11) is 0. The molecule has 1 heterocycles. The molecule has 20 heavy (non-hydrogen) atoms. The zero-order chi connectivity index (χ0) is 14.7. The van der Waals surface area contributed by atoms with Crippen molar-refractivity contribution < 1.29 is 14.6 Å². The second kappa shape index (κ2) is 6.27. The van der Waals surface area contributed by atoms with E-state index in [0.29, 0.717) is 23.8 Å². The Balaban J connectivity index is 2.16. The Bertz CT molecular complexity index is 473. The van der Waals surface area contributed by atoms with Crippen molar-refractivity contribution in [3.8, 4) is 5.75 Å². The van der Waals surface area contributed by atoms with Crippen molar-refractivity contribution in [2.24, 2.45) is 5.92 Å². The van der Waals surface area contributed by atoms with Crippen LogP contribution in [0.5, 0.6) is 5.75 Å². The summed E-state index contributed by atoms with van der Waals surface area (Å²) in [4.78, 5) is 14.3. The lowest BCUT2D eigenvalue weighted by atomic mass is 10.0. The third-order valence-corrected chi connectivity index (χ3v) is 3.78. The Labute approximate surface area is 120 Å². The fourth-order valence-corrected chi connectivity index (χ4v) is 2.68. The maximum Gasteiger partial charge on any atom is 0.254 e. The molecule has 1 fully saturated rings. The number of carbonyl (C=O) groups excluding carboxylic acids is 1. The van der Waals surface area contributed by atoms with Gasteiger partial charge in [0.15, 0.2) is 0 Å². The van der Waals surface area contributed by atoms with Crippen molar-refractivity contribution in [1.82, 2.24) is 4.90 Å². The molecule has 0 aliphatic carbocycles. The second-order valence-electron chi connectivity index (χ2n) is 5.71. The highest BCUT2D eigenvalue weighted by atomic mass is 16.5. The van der Waals surface area contributed by atoms with Crippen molar-refractivity contribution >= 4 is 5.91 Å². The molecule has 0 saturated carbocycles. The van der Waals surface area contributed by atoms with E-state index in [1.54, 1.807) is 17.0 Å². The van der Waals surface area contributed by atoms with Crippen LogP contribution in [-0.2, 0) is 0 Å². The number of likely N-dealkylation sites (tertiary alicyclic amines) is 1. The van der Waals surface area contributed by atoms with Gasteiger partial charge in [0, 0.05) is 12.1 Å². The van der Waals surface area contributed by atoms with Gasteiger partial charge >= 0.3 is 0 Å². The number of aliphatic hydroxyl groups is 1. The first-order valence-electron chi connectivity index (χ1n) is 7.21. The first-order valence-corrected chi connectivity index (χ1v) is 7.21. The van der Waals surface area contributed by atoms with Crippen LogP contribution in [0.4, 0.5) is 0 Å². The molecule has 1 amide bonds. The van der Waals surface area contributed by atoms with Crippen molar-refractivity contribution in [2.45, 2.75) is 39.3 Å². The van der Waals surface area contributed by atoms with Gasteiger partial charge in [-0.25, -0.2) is 0 Å². The largest absolute Gasteiger partial charge is 0.491 e. The van der Waals surface area contributed by atoms with Gasteiger partial charge < -0.3 is 14.7 Å². The monoisotopic (exact) mass is 277 g/mol. The van der Waals surface area contributed by atoms with E-state index in [4.69, 9.17) is 4.74 Å². The number of aliphatic hydroxyl groups excluding tert-OH is 1. The Morgan fingerprint density at radius 3 is 2.90 bits per heavy atom. The van der Waals surface area contributed by atoms with Gasteiger partial charge in [0.05, 0.1) is 18.8 Å². The molecule has 1 aliphatic rings. The van der Waals surface area contributed by atoms with Crippen molar-refractivity contribution in [3.05, 3.63) is 29.8 Å². The minimum atomic E-state index is -0.0721. The predicted octanol–water partition coefficient (Wildman–Crippen LogP) is 2.32. The molecule has 4 heteroatoms. The van der Waals surface area contributed by atoms with Crippen LogP contribution in [0, 0.1) is 5.92 Å². The van der Waals surface area contributed by atoms with E-state index in [2.05, 4.69) is 6.92 Å². The topological polar surface area (TPSA) is 49.8 Å². The maximum absolute atomic E-state index is 12.6. The van der Waals surface area contributed by atoms with Gasteiger partial charge in [-0.1, -0.05) is 13.0 Å². The van der Waals surface area contributed by atoms with E-state index in [1.807, 2.05) is 26.0 Å². The summed E-state index contributed by atoms with van der Waals surface area (Å²) >= 11 is 0. The molecule has 0 bridgehead atoms. The molecule has 1 N–H and O–H groups in total. The summed E-state index contributed by atoms with van der Waals surface area (Å²) in [6.45, 7) is 6.72. The number of carbonyl (C=O) groups is 1. The van der Waals surface area contributed by atoms with E-state index in [-0.39, 0.29) is 24.7 Å². The zero-order valence-electron chi connectivity index (χ0n) is 12.4. The summed E-state index contributed by atoms with van der Waals surface area (Å²) in [5, 5.41) is 9.46. The van der Waals surface area contributed by atoms with Gasteiger partial charge in [-0.3, -0.25) is 4.79 Å². The van der Waals surface area contributed by atoms with Gasteiger partial charge in [0.25, 0.3) is 5.91 Å². The number of benzene rings is 1. The van der Waals surface area contributed by atoms with Crippen LogP contribution in [0.3, 0.4) is 0 Å². The molecular formula is C16H23NO3. The Hall–Kier alpha value is -1.55. The average Bonchev–Trinajstić information content (AvgIpc) is 2.78. The molecule has 2 unspecified atom stereocenters. The number of amides is 1. The van der Waals surface area contributed by atoms with Crippen LogP contribution < -0.4 is 4.74 Å². The smallest absolute Gasteiger partial charge is 0.254 e. The lowest BCUT2D eigenvalue weighted by Crippen LogP contribution is -2.39. The highest BCUT2D eigenvalue weighted by Crippen LogP contribution is 2.26. The molecule has 1 saturated heterocycles. The van der Waals surface area contributed by atoms with Gasteiger partial charge in [0.2, 0.25) is 0 Å². The molecule has 0 radical (unpaired) electrons. The van der Waals surface area contributed by atoms with Gasteiger partial charge in [0.1, 0.15) is 5.75 Å². The first kappa shape index (κ1) is 14.9. The van der Waals surface area contributed by atoms with Crippen LogP contribution in [0.1, 0.15) is 37.6 Å². The van der Waals surface area contributed by atoms with Crippen LogP contribution in [0.25, 0.3) is 0 Å². The lowest BCUT2D eigenvalue weighted by Gasteiger charge is -2.25. The van der Waals surface area contributed by atoms with Crippen LogP contribution >= 0.6 is 0 Å². The van der Waals surface area contributed by atoms with Crippen molar-refractivity contribution in [1.29, 1.82) is 0 Å². The predicted molar refractivity (Wildman–Crippen MR) is 77.9 cm³/mol. The summed E-state index contributed by atoms with van der Waals surface area (Å²) in [6.07, 6.45) is 1.02. The summed E-state index contributed by atoms with van der Waals surface area (Å²) < 4.78 is 5.62. The van der Waals surface area contributed by atoms with E-state index in [1.165, 1.54) is 0 Å². The standard InChI is InChI=1S/C16H23NO3/c1-11(2)20-14-6-4-5-13(9-14)16(19)17-8-7-12(3)15(17)10-18/h4-6,9,11-12,15,18H,7-8,10H2,1-3H3. The molecule has 0 aromatic heterocycles. The molecular weight excluding hydrogens is 254 g/mol. The van der Waals surface area contributed by atoms with E-state index >= 15 is 0 Å². The molecule has 110 valence electrons. The number of nitrogens with zero attached hydrogens (tertiary/aromatic N) is 1. The normalized spacial score (nSPS) is 22.4. The molecule has 2 rings (SSSR count). The minimum absolute atomic E-state index is 0.0229. The Morgan fingerprint density at radius 2 is 2.25 bits per heavy atom. The van der Waals surface area contributed by atoms with Crippen molar-refractivity contribution in [3.63, 3.8) is 0 Å². The first-order chi connectivity index (χ1) is 9.52. The van der Waals surface area contributed by atoms with Gasteiger partial charge in [-0.05, 0) is 44.4 Å². The molecule has 0 spiro atoms. The molecule has 1 aromatic rings. The fourth-order valence-electron chi connectivity index (χ4n) is 2.68. The fraction of sp³-hybridized carbons (Fsp3) is 0.562. The molecule has 4 nitrogen and oxygen atoms in total. The highest BCUT2D eigenvalue weighted by molar-refractivity contribution is 5.95. The quantitative estimate of drug-likeness (QED) is 0.919. The van der Waals surface area contributed by atoms with E-state index < -0.39 is 0 Å². The van der Waals surface area contributed by atoms with Gasteiger partial charge in [-0.2, -0.15) is 0 Å². The number of hydrogen-bond donors (Lipinski definition) is 1. The minimum Gasteiger partial charge on any atom is -0.491 e. The third-order valence-electron chi connectivity index (χ3n) is 3.78. The zero-order valence-corrected chi connectivity index (χ0v) is 12.4. The van der Waals surface area contributed by atoms with Crippen molar-refractivity contribution in [2.75, 3.05) is 13.2 Å². The van der Waals surface area contributed by atoms with E-state index in [9.17, 15) is 9.90 Å². The summed E-state index contributed by atoms with van der Waals surface area (Å²) in [5.74, 6) is 1.03. The van der Waals surface area contributed by atoms with Crippen LogP contribution in [0.15, 0.2) is 24.3 Å². The molecule has 2 atom stereocenters. The average molecular weight is 277 g/mol. The Morgan fingerprint density at radius 1 is 1.50 bits per heavy atom. The van der Waals surface area contributed by atoms with Gasteiger partial charge in [-0.15, -0.1) is 0 Å². The molecule has 1 aromatic carbocycles. The third kappa shape index (κ3) is 3.12. The van der Waals surface area contributed by atoms with E-state index in [0.717, 1.165) is 6.42 Å². The number of rotatable bonds is 4. The van der Waals surface area contributed by atoms with Crippen LogP contribution in [0.2, 0.25) is 0 Å². The highest BCUT2D eigenvalue weighted by Gasteiger charge is 2.34. The SMILES string of the molecule is CC(C)Oc1cccc(C(=O)N2CCC(C)C2CO)c1. The lowest BCUT2D eigenvalue weighted by molar-refractivity contribution is 0.0647. The Kier molecular flexibility index (Phi) is 4.65. The number of ether oxygens (including phenoxy) is 1. The summed E-state index contributed by atoms with van der Waals surface area (Å²) in [5.41, 5.74) is 0.621. The number of hydrogen-bond acceptors (Lipinski definition) is 3. The van der Waals surface area contributed by atoms with Crippen LogP contribution in [-0.4, -0.2) is 41.2 Å². The second-order valence-corrected chi connectivity index (χ2v) is 5.71.